The molecule has 0 aliphatic carbocycles. The molecule has 0 radical (unpaired) electrons. The molecule has 0 spiro atoms. The number of carboxylic acids is 1. The van der Waals surface area contributed by atoms with Gasteiger partial charge in [0.1, 0.15) is 6.04 Å². The topological polar surface area (TPSA) is 101 Å². The third-order valence-electron chi connectivity index (χ3n) is 2.79. The van der Waals surface area contributed by atoms with Crippen molar-refractivity contribution in [3.8, 4) is 0 Å². The predicted molar refractivity (Wildman–Crippen MR) is 66.7 cm³/mol. The highest BCUT2D eigenvalue weighted by Crippen LogP contribution is 2.27. The lowest BCUT2D eigenvalue weighted by atomic mass is 10.1. The molecule has 1 unspecified atom stereocenters. The standard InChI is InChI=1S/C11H13N3O4S/c1-6-4-12-11(19-5-9(16)17)14(6)7-2-3-8(15)13-10(7)18/h4,7H,2-3,5H2,1H3,(H,16,17)(H,13,15,18). The number of aryl methyl sites for hydroxylation is 1. The summed E-state index contributed by atoms with van der Waals surface area (Å²) in [6.07, 6.45) is 2.27. The second-order valence-electron chi connectivity index (χ2n) is 4.20. The zero-order valence-corrected chi connectivity index (χ0v) is 11.1. The third-order valence-corrected chi connectivity index (χ3v) is 3.75. The van der Waals surface area contributed by atoms with Gasteiger partial charge in [0.2, 0.25) is 11.8 Å². The van der Waals surface area contributed by atoms with Crippen LogP contribution in [-0.4, -0.2) is 38.2 Å². The van der Waals surface area contributed by atoms with Crippen LogP contribution < -0.4 is 5.32 Å². The van der Waals surface area contributed by atoms with Gasteiger partial charge in [-0.3, -0.25) is 19.7 Å². The van der Waals surface area contributed by atoms with E-state index in [4.69, 9.17) is 5.11 Å². The highest BCUT2D eigenvalue weighted by molar-refractivity contribution is 7.99. The molecular formula is C11H13N3O4S. The predicted octanol–water partition coefficient (Wildman–Crippen LogP) is 0.346. The number of carbonyl (C=O) groups is 3. The average molecular weight is 283 g/mol. The normalized spacial score (nSPS) is 19.3. The molecule has 1 saturated heterocycles. The van der Waals surface area contributed by atoms with Crippen molar-refractivity contribution in [2.45, 2.75) is 31.0 Å². The van der Waals surface area contributed by atoms with Crippen LogP contribution in [0, 0.1) is 6.92 Å². The van der Waals surface area contributed by atoms with Gasteiger partial charge in [0.25, 0.3) is 0 Å². The molecule has 1 aromatic rings. The molecule has 19 heavy (non-hydrogen) atoms. The first-order valence-electron chi connectivity index (χ1n) is 5.71. The van der Waals surface area contributed by atoms with Crippen LogP contribution in [0.25, 0.3) is 0 Å². The Bertz CT molecular complexity index is 540. The van der Waals surface area contributed by atoms with Gasteiger partial charge in [0.05, 0.1) is 5.75 Å². The molecule has 1 aliphatic rings. The summed E-state index contributed by atoms with van der Waals surface area (Å²) >= 11 is 1.06. The smallest absolute Gasteiger partial charge is 0.313 e. The van der Waals surface area contributed by atoms with Gasteiger partial charge in [-0.05, 0) is 13.3 Å². The van der Waals surface area contributed by atoms with E-state index in [1.807, 2.05) is 0 Å². The van der Waals surface area contributed by atoms with E-state index < -0.39 is 12.0 Å². The summed E-state index contributed by atoms with van der Waals surface area (Å²) in [6, 6.07) is -0.503. The van der Waals surface area contributed by atoms with Gasteiger partial charge in [-0.25, -0.2) is 4.98 Å². The first kappa shape index (κ1) is 13.6. The summed E-state index contributed by atoms with van der Waals surface area (Å²) in [5, 5.41) is 11.5. The Balaban J connectivity index is 2.23. The number of nitrogens with one attached hydrogen (secondary N) is 1. The Labute approximate surface area is 113 Å². The largest absolute Gasteiger partial charge is 0.481 e. The van der Waals surface area contributed by atoms with E-state index in [-0.39, 0.29) is 24.0 Å². The van der Waals surface area contributed by atoms with E-state index in [0.717, 1.165) is 17.5 Å². The molecule has 0 aromatic carbocycles. The average Bonchev–Trinajstić information content (AvgIpc) is 2.68. The van der Waals surface area contributed by atoms with Crippen LogP contribution in [0.1, 0.15) is 24.6 Å². The molecule has 102 valence electrons. The number of amides is 2. The number of hydrogen-bond acceptors (Lipinski definition) is 5. The number of hydrogen-bond donors (Lipinski definition) is 2. The van der Waals surface area contributed by atoms with E-state index in [1.165, 1.54) is 0 Å². The van der Waals surface area contributed by atoms with E-state index in [2.05, 4.69) is 10.3 Å². The molecule has 7 nitrogen and oxygen atoms in total. The van der Waals surface area contributed by atoms with Crippen LogP contribution >= 0.6 is 11.8 Å². The molecular weight excluding hydrogens is 270 g/mol. The van der Waals surface area contributed by atoms with Crippen LogP contribution in [-0.2, 0) is 14.4 Å². The van der Waals surface area contributed by atoms with Gasteiger partial charge in [-0.2, -0.15) is 0 Å². The van der Waals surface area contributed by atoms with Crippen LogP contribution in [0.3, 0.4) is 0 Å². The molecule has 2 heterocycles. The zero-order valence-electron chi connectivity index (χ0n) is 10.3. The maximum absolute atomic E-state index is 11.8. The highest BCUT2D eigenvalue weighted by Gasteiger charge is 2.30. The Hall–Kier alpha value is -1.83. The third kappa shape index (κ3) is 2.95. The molecule has 0 saturated carbocycles. The second kappa shape index (κ2) is 5.43. The van der Waals surface area contributed by atoms with Crippen molar-refractivity contribution in [2.24, 2.45) is 0 Å². The minimum atomic E-state index is -0.944. The fraction of sp³-hybridized carbons (Fsp3) is 0.455. The van der Waals surface area contributed by atoms with Crippen molar-refractivity contribution in [2.75, 3.05) is 5.75 Å². The van der Waals surface area contributed by atoms with Gasteiger partial charge in [0.15, 0.2) is 5.16 Å². The number of imide groups is 1. The number of nitrogens with zero attached hydrogens (tertiary/aromatic N) is 2. The van der Waals surface area contributed by atoms with E-state index >= 15 is 0 Å². The van der Waals surface area contributed by atoms with E-state index in [1.54, 1.807) is 17.7 Å². The molecule has 0 bridgehead atoms. The zero-order chi connectivity index (χ0) is 14.0. The number of aromatic nitrogens is 2. The summed E-state index contributed by atoms with van der Waals surface area (Å²) < 4.78 is 1.69. The van der Waals surface area contributed by atoms with Crippen molar-refractivity contribution in [1.82, 2.24) is 14.9 Å². The Morgan fingerprint density at radius 2 is 2.37 bits per heavy atom. The van der Waals surface area contributed by atoms with Gasteiger partial charge in [-0.15, -0.1) is 0 Å². The van der Waals surface area contributed by atoms with Crippen LogP contribution in [0.15, 0.2) is 11.4 Å². The summed E-state index contributed by atoms with van der Waals surface area (Å²) in [6.45, 7) is 1.79. The summed E-state index contributed by atoms with van der Waals surface area (Å²) in [7, 11) is 0. The van der Waals surface area contributed by atoms with E-state index in [9.17, 15) is 14.4 Å². The van der Waals surface area contributed by atoms with Crippen LogP contribution in [0.4, 0.5) is 0 Å². The summed E-state index contributed by atoms with van der Waals surface area (Å²) in [5.74, 6) is -1.71. The van der Waals surface area contributed by atoms with Crippen molar-refractivity contribution in [3.63, 3.8) is 0 Å². The molecule has 2 rings (SSSR count). The molecule has 1 fully saturated rings. The van der Waals surface area contributed by atoms with Crippen molar-refractivity contribution < 1.29 is 19.5 Å². The first-order chi connectivity index (χ1) is 8.99. The van der Waals surface area contributed by atoms with Crippen LogP contribution in [0.5, 0.6) is 0 Å². The first-order valence-corrected chi connectivity index (χ1v) is 6.69. The highest BCUT2D eigenvalue weighted by atomic mass is 32.2. The van der Waals surface area contributed by atoms with E-state index in [0.29, 0.717) is 11.6 Å². The van der Waals surface area contributed by atoms with Gasteiger partial charge in [-0.1, -0.05) is 11.8 Å². The lowest BCUT2D eigenvalue weighted by Gasteiger charge is -2.24. The Morgan fingerprint density at radius 3 is 3.00 bits per heavy atom. The molecule has 1 aromatic heterocycles. The number of imidazole rings is 1. The lowest BCUT2D eigenvalue weighted by molar-refractivity contribution is -0.136. The minimum absolute atomic E-state index is 0.121. The number of carboxylic acid groups (broad SMARTS) is 1. The van der Waals surface area contributed by atoms with Crippen molar-refractivity contribution in [1.29, 1.82) is 0 Å². The van der Waals surface area contributed by atoms with Crippen molar-refractivity contribution in [3.05, 3.63) is 11.9 Å². The molecule has 1 atom stereocenters. The number of piperidine rings is 1. The summed E-state index contributed by atoms with van der Waals surface area (Å²) in [4.78, 5) is 37.7. The van der Waals surface area contributed by atoms with Crippen molar-refractivity contribution >= 4 is 29.5 Å². The fourth-order valence-electron chi connectivity index (χ4n) is 1.96. The Kier molecular flexibility index (Phi) is 3.89. The quantitative estimate of drug-likeness (QED) is 0.610. The maximum Gasteiger partial charge on any atom is 0.313 e. The SMILES string of the molecule is Cc1cnc(SCC(=O)O)n1C1CCC(=O)NC1=O. The fourth-order valence-corrected chi connectivity index (χ4v) is 2.75. The van der Waals surface area contributed by atoms with Gasteiger partial charge < -0.3 is 9.67 Å². The number of carbonyl (C=O) groups excluding carboxylic acids is 2. The monoisotopic (exact) mass is 283 g/mol. The molecule has 2 N–H and O–H groups in total. The number of thioether (sulfide) groups is 1. The van der Waals surface area contributed by atoms with Gasteiger partial charge >= 0.3 is 5.97 Å². The number of aliphatic carboxylic acids is 1. The van der Waals surface area contributed by atoms with Gasteiger partial charge in [0, 0.05) is 18.3 Å². The maximum atomic E-state index is 11.8. The minimum Gasteiger partial charge on any atom is -0.481 e. The molecule has 2 amide bonds. The second-order valence-corrected chi connectivity index (χ2v) is 5.14. The molecule has 1 aliphatic heterocycles. The molecule has 8 heteroatoms. The van der Waals surface area contributed by atoms with Crippen LogP contribution in [0.2, 0.25) is 0 Å². The Morgan fingerprint density at radius 1 is 1.63 bits per heavy atom. The summed E-state index contributed by atoms with van der Waals surface area (Å²) in [5.41, 5.74) is 0.766. The lowest BCUT2D eigenvalue weighted by Crippen LogP contribution is -2.42. The number of rotatable bonds is 4.